The Morgan fingerprint density at radius 1 is 1.36 bits per heavy atom. The van der Waals surface area contributed by atoms with E-state index in [9.17, 15) is 8.42 Å². The molecule has 0 aliphatic carbocycles. The molecule has 0 aliphatic heterocycles. The first-order valence-corrected chi connectivity index (χ1v) is 5.52. The maximum absolute atomic E-state index is 11.0. The minimum absolute atomic E-state index is 0.257. The second kappa shape index (κ2) is 5.35. The van der Waals surface area contributed by atoms with E-state index in [1.165, 1.54) is 11.8 Å². The highest BCUT2D eigenvalue weighted by atomic mass is 32.2. The van der Waals surface area contributed by atoms with Crippen molar-refractivity contribution in [3.8, 4) is 0 Å². The zero-order valence-electron chi connectivity index (χ0n) is 6.91. The van der Waals surface area contributed by atoms with Crippen molar-refractivity contribution < 1.29 is 8.42 Å². The number of unbranched alkanes of at least 4 members (excludes halogenated alkanes) is 2. The van der Waals surface area contributed by atoms with Crippen molar-refractivity contribution in [2.45, 2.75) is 26.2 Å². The first-order chi connectivity index (χ1) is 5.12. The molecule has 0 rings (SSSR count). The van der Waals surface area contributed by atoms with Crippen LogP contribution in [0.3, 0.4) is 0 Å². The monoisotopic (exact) mass is 176 g/mol. The largest absolute Gasteiger partial charge is 0.228 e. The lowest BCUT2D eigenvalue weighted by atomic mass is 10.3. The van der Waals surface area contributed by atoms with Crippen molar-refractivity contribution in [3.05, 3.63) is 18.4 Å². The van der Waals surface area contributed by atoms with E-state index in [2.05, 4.69) is 6.58 Å². The summed E-state index contributed by atoms with van der Waals surface area (Å²) in [7, 11) is -2.95. The molecule has 0 aliphatic rings. The molecule has 11 heavy (non-hydrogen) atoms. The summed E-state index contributed by atoms with van der Waals surface area (Å²) in [6.45, 7) is 5.38. The van der Waals surface area contributed by atoms with Gasteiger partial charge in [-0.2, -0.15) is 0 Å². The molecule has 0 heterocycles. The standard InChI is InChI=1S/C8H15O2S/c1-3-5-6-8-11(9,10)7-4-2/h4,7H,2-3,5-6,8H2,1H3/i8+1. The maximum Gasteiger partial charge on any atom is 0.158 e. The Labute approximate surface area is 69.2 Å². The Kier molecular flexibility index (Phi) is 5.20. The third kappa shape index (κ3) is 6.10. The predicted octanol–water partition coefficient (Wildman–Crippen LogP) is 1.94. The molecule has 0 bridgehead atoms. The maximum atomic E-state index is 11.0. The molecule has 65 valence electrons. The molecule has 0 saturated carbocycles. The van der Waals surface area contributed by atoms with Gasteiger partial charge in [-0.15, -0.1) is 6.58 Å². The van der Waals surface area contributed by atoms with Crippen LogP contribution in [0.25, 0.3) is 0 Å². The van der Waals surface area contributed by atoms with Crippen LogP contribution in [-0.4, -0.2) is 14.2 Å². The Balaban J connectivity index is 3.65. The van der Waals surface area contributed by atoms with Crippen molar-refractivity contribution in [1.29, 1.82) is 0 Å². The van der Waals surface area contributed by atoms with Crippen molar-refractivity contribution in [3.63, 3.8) is 0 Å². The summed E-state index contributed by atoms with van der Waals surface area (Å²) < 4.78 is 22.0. The minimum atomic E-state index is -2.95. The first-order valence-electron chi connectivity index (χ1n) is 3.81. The number of sulfone groups is 1. The zero-order chi connectivity index (χ0) is 8.74. The van der Waals surface area contributed by atoms with Gasteiger partial charge in [0, 0.05) is 0 Å². The summed E-state index contributed by atoms with van der Waals surface area (Å²) in [5, 5.41) is 0. The second-order valence-electron chi connectivity index (χ2n) is 2.45. The smallest absolute Gasteiger partial charge is 0.158 e. The summed E-state index contributed by atoms with van der Waals surface area (Å²) in [6.07, 6.45) is 4.10. The SMILES string of the molecule is C=C[CH]S(=O)(=O)[13CH2]CCCC. The summed E-state index contributed by atoms with van der Waals surface area (Å²) >= 11 is 0. The number of hydrogen-bond donors (Lipinski definition) is 0. The fourth-order valence-electron chi connectivity index (χ4n) is 0.768. The minimum Gasteiger partial charge on any atom is -0.228 e. The van der Waals surface area contributed by atoms with E-state index in [0.717, 1.165) is 19.3 Å². The van der Waals surface area contributed by atoms with Gasteiger partial charge < -0.3 is 0 Å². The molecule has 0 fully saturated rings. The van der Waals surface area contributed by atoms with Gasteiger partial charge in [0.05, 0.1) is 11.5 Å². The summed E-state index contributed by atoms with van der Waals surface area (Å²) in [5.74, 6) is 1.43. The Bertz CT molecular complexity index is 192. The van der Waals surface area contributed by atoms with E-state index in [-0.39, 0.29) is 5.75 Å². The van der Waals surface area contributed by atoms with E-state index in [0.29, 0.717) is 0 Å². The van der Waals surface area contributed by atoms with Crippen molar-refractivity contribution in [1.82, 2.24) is 0 Å². The summed E-state index contributed by atoms with van der Waals surface area (Å²) in [6, 6.07) is 0. The van der Waals surface area contributed by atoms with E-state index in [4.69, 9.17) is 0 Å². The number of rotatable bonds is 6. The quantitative estimate of drug-likeness (QED) is 0.458. The van der Waals surface area contributed by atoms with Gasteiger partial charge in [-0.3, -0.25) is 0 Å². The van der Waals surface area contributed by atoms with Gasteiger partial charge in [0.2, 0.25) is 0 Å². The average molecular weight is 176 g/mol. The normalized spacial score (nSPS) is 11.4. The molecule has 2 nitrogen and oxygen atoms in total. The fourth-order valence-corrected chi connectivity index (χ4v) is 1.80. The van der Waals surface area contributed by atoms with Crippen LogP contribution in [0.4, 0.5) is 0 Å². The van der Waals surface area contributed by atoms with Gasteiger partial charge >= 0.3 is 0 Å². The van der Waals surface area contributed by atoms with Gasteiger partial charge in [0.1, 0.15) is 0 Å². The molecule has 3 heteroatoms. The molecular formula is C8H15O2S. The Hall–Kier alpha value is -0.310. The molecule has 0 unspecified atom stereocenters. The molecule has 0 aromatic rings. The van der Waals surface area contributed by atoms with Gasteiger partial charge in [-0.25, -0.2) is 8.42 Å². The third-order valence-corrected chi connectivity index (χ3v) is 2.80. The lowest BCUT2D eigenvalue weighted by Crippen LogP contribution is -2.04. The molecule has 0 amide bonds. The van der Waals surface area contributed by atoms with Crippen LogP contribution in [-0.2, 0) is 9.84 Å². The number of hydrogen-bond acceptors (Lipinski definition) is 2. The van der Waals surface area contributed by atoms with E-state index >= 15 is 0 Å². The lowest BCUT2D eigenvalue weighted by molar-refractivity contribution is 0.597. The highest BCUT2D eigenvalue weighted by Crippen LogP contribution is 2.02. The highest BCUT2D eigenvalue weighted by molar-refractivity contribution is 7.93. The van der Waals surface area contributed by atoms with Gasteiger partial charge in [0.15, 0.2) is 9.84 Å². The molecule has 1 radical (unpaired) electrons. The van der Waals surface area contributed by atoms with Crippen LogP contribution in [0, 0.1) is 5.75 Å². The molecule has 0 aromatic heterocycles. The Morgan fingerprint density at radius 3 is 2.45 bits per heavy atom. The first kappa shape index (κ1) is 10.7. The predicted molar refractivity (Wildman–Crippen MR) is 47.8 cm³/mol. The van der Waals surface area contributed by atoms with Gasteiger partial charge in [-0.05, 0) is 6.42 Å². The second-order valence-corrected chi connectivity index (χ2v) is 4.45. The molecule has 0 spiro atoms. The molecular weight excluding hydrogens is 161 g/mol. The van der Waals surface area contributed by atoms with Crippen LogP contribution in [0.2, 0.25) is 0 Å². The summed E-state index contributed by atoms with van der Waals surface area (Å²) in [4.78, 5) is 0. The van der Waals surface area contributed by atoms with E-state index < -0.39 is 9.84 Å². The van der Waals surface area contributed by atoms with Gasteiger partial charge in [0.25, 0.3) is 0 Å². The molecule has 0 saturated heterocycles. The van der Waals surface area contributed by atoms with Crippen LogP contribution in [0.15, 0.2) is 12.7 Å². The zero-order valence-corrected chi connectivity index (χ0v) is 7.73. The topological polar surface area (TPSA) is 34.1 Å². The van der Waals surface area contributed by atoms with Gasteiger partial charge in [-0.1, -0.05) is 25.8 Å². The third-order valence-electron chi connectivity index (χ3n) is 1.34. The molecule has 0 atom stereocenters. The van der Waals surface area contributed by atoms with Crippen molar-refractivity contribution in [2.75, 3.05) is 5.75 Å². The van der Waals surface area contributed by atoms with Crippen LogP contribution < -0.4 is 0 Å². The van der Waals surface area contributed by atoms with E-state index in [1.807, 2.05) is 6.92 Å². The van der Waals surface area contributed by atoms with Crippen LogP contribution in [0.5, 0.6) is 0 Å². The highest BCUT2D eigenvalue weighted by Gasteiger charge is 2.06. The van der Waals surface area contributed by atoms with Crippen molar-refractivity contribution >= 4 is 9.84 Å². The van der Waals surface area contributed by atoms with Crippen LogP contribution in [0.1, 0.15) is 26.2 Å². The fraction of sp³-hybridized carbons (Fsp3) is 0.625. The lowest BCUT2D eigenvalue weighted by Gasteiger charge is -1.98. The van der Waals surface area contributed by atoms with Crippen molar-refractivity contribution in [2.24, 2.45) is 0 Å². The Morgan fingerprint density at radius 2 is 2.00 bits per heavy atom. The van der Waals surface area contributed by atoms with E-state index in [1.54, 1.807) is 0 Å². The summed E-state index contributed by atoms with van der Waals surface area (Å²) in [5.41, 5.74) is 0. The molecule has 0 aromatic carbocycles. The average Bonchev–Trinajstić information content (AvgIpc) is 1.87. The van der Waals surface area contributed by atoms with Crippen LogP contribution >= 0.6 is 0 Å². The molecule has 0 N–H and O–H groups in total.